The molecule has 1 aromatic heterocycles. The van der Waals surface area contributed by atoms with Crippen LogP contribution in [-0.4, -0.2) is 44.3 Å². The summed E-state index contributed by atoms with van der Waals surface area (Å²) in [4.78, 5) is 24.4. The number of aliphatic hydroxyl groups is 2. The van der Waals surface area contributed by atoms with Crippen molar-refractivity contribution < 1.29 is 28.1 Å². The number of nitrogens with one attached hydrogen (secondary N) is 1. The first-order valence-corrected chi connectivity index (χ1v) is 5.99. The third-order valence-corrected chi connectivity index (χ3v) is 3.44. The SMILES string of the molecule is C#C[C@]1(CO)O[C@@H](n2ccc(=O)[nH]c2=O)[C@@H](C(F)(F)F)[C@@H]1O. The van der Waals surface area contributed by atoms with Crippen LogP contribution in [0.1, 0.15) is 6.23 Å². The molecule has 7 nitrogen and oxygen atoms in total. The van der Waals surface area contributed by atoms with E-state index < -0.39 is 47.9 Å². The van der Waals surface area contributed by atoms with Gasteiger partial charge in [0.05, 0.1) is 6.61 Å². The first-order chi connectivity index (χ1) is 10.2. The summed E-state index contributed by atoms with van der Waals surface area (Å²) in [6.45, 7) is -1.08. The Morgan fingerprint density at radius 3 is 2.59 bits per heavy atom. The molecule has 0 aromatic carbocycles. The van der Waals surface area contributed by atoms with Crippen molar-refractivity contribution in [1.29, 1.82) is 0 Å². The molecule has 2 heterocycles. The van der Waals surface area contributed by atoms with Crippen LogP contribution in [0.15, 0.2) is 21.9 Å². The summed E-state index contributed by atoms with van der Waals surface area (Å²) in [6, 6.07) is 0.819. The first-order valence-electron chi connectivity index (χ1n) is 5.99. The maximum absolute atomic E-state index is 13.2. The Morgan fingerprint density at radius 1 is 1.50 bits per heavy atom. The second-order valence-electron chi connectivity index (χ2n) is 4.73. The maximum Gasteiger partial charge on any atom is 0.398 e. The molecule has 0 radical (unpaired) electrons. The largest absolute Gasteiger partial charge is 0.398 e. The van der Waals surface area contributed by atoms with Gasteiger partial charge in [-0.25, -0.2) is 4.79 Å². The van der Waals surface area contributed by atoms with E-state index in [0.29, 0.717) is 4.57 Å². The number of aromatic amines is 1. The summed E-state index contributed by atoms with van der Waals surface area (Å²) >= 11 is 0. The quantitative estimate of drug-likeness (QED) is 0.605. The standard InChI is InChI=1S/C12H11F3N2O5/c1-2-11(5-18)8(20)7(12(13,14)15)9(22-11)17-4-3-6(19)16-10(17)21/h1,3-4,7-9,18,20H,5H2,(H,16,19,21)/t7-,8-,9+,11+/m0/s1. The van der Waals surface area contributed by atoms with Gasteiger partial charge in [0.25, 0.3) is 5.56 Å². The number of nitrogens with zero attached hydrogens (tertiary/aromatic N) is 1. The van der Waals surface area contributed by atoms with Crippen LogP contribution in [0.5, 0.6) is 0 Å². The first kappa shape index (κ1) is 16.3. The summed E-state index contributed by atoms with van der Waals surface area (Å²) in [7, 11) is 0. The minimum absolute atomic E-state index is 0.456. The van der Waals surface area contributed by atoms with Gasteiger partial charge in [0.1, 0.15) is 12.0 Å². The predicted octanol–water partition coefficient (Wildman–Crippen LogP) is -1.03. The highest BCUT2D eigenvalue weighted by atomic mass is 19.4. The molecule has 0 spiro atoms. The van der Waals surface area contributed by atoms with Gasteiger partial charge in [-0.05, 0) is 0 Å². The molecule has 0 unspecified atom stereocenters. The minimum atomic E-state index is -4.96. The van der Waals surface area contributed by atoms with Crippen LogP contribution in [0.2, 0.25) is 0 Å². The van der Waals surface area contributed by atoms with E-state index in [9.17, 15) is 33.0 Å². The molecule has 0 amide bonds. The van der Waals surface area contributed by atoms with E-state index in [1.54, 1.807) is 10.9 Å². The zero-order chi connectivity index (χ0) is 16.7. The van der Waals surface area contributed by atoms with Crippen LogP contribution in [-0.2, 0) is 4.74 Å². The summed E-state index contributed by atoms with van der Waals surface area (Å²) in [6.07, 6.45) is -3.41. The monoisotopic (exact) mass is 320 g/mol. The van der Waals surface area contributed by atoms with E-state index in [4.69, 9.17) is 11.2 Å². The van der Waals surface area contributed by atoms with Gasteiger partial charge in [0, 0.05) is 12.3 Å². The number of ether oxygens (including phenoxy) is 1. The molecule has 10 heteroatoms. The van der Waals surface area contributed by atoms with Crippen LogP contribution < -0.4 is 11.2 Å². The van der Waals surface area contributed by atoms with E-state index in [1.165, 1.54) is 0 Å². The zero-order valence-corrected chi connectivity index (χ0v) is 10.9. The molecule has 3 N–H and O–H groups in total. The van der Waals surface area contributed by atoms with Crippen molar-refractivity contribution in [2.75, 3.05) is 6.61 Å². The Morgan fingerprint density at radius 2 is 2.14 bits per heavy atom. The maximum atomic E-state index is 13.2. The molecule has 1 saturated heterocycles. The number of aliphatic hydroxyl groups excluding tert-OH is 2. The highest BCUT2D eigenvalue weighted by Crippen LogP contribution is 2.48. The number of halogens is 3. The fraction of sp³-hybridized carbons (Fsp3) is 0.500. The molecule has 22 heavy (non-hydrogen) atoms. The van der Waals surface area contributed by atoms with Gasteiger partial charge < -0.3 is 14.9 Å². The fourth-order valence-electron chi connectivity index (χ4n) is 2.30. The summed E-state index contributed by atoms with van der Waals surface area (Å²) in [5.41, 5.74) is -4.28. The summed E-state index contributed by atoms with van der Waals surface area (Å²) in [5.74, 6) is -0.756. The lowest BCUT2D eigenvalue weighted by Crippen LogP contribution is -2.46. The number of hydrogen-bond acceptors (Lipinski definition) is 5. The molecule has 4 atom stereocenters. The van der Waals surface area contributed by atoms with Crippen LogP contribution >= 0.6 is 0 Å². The lowest BCUT2D eigenvalue weighted by atomic mass is 9.90. The van der Waals surface area contributed by atoms with Crippen LogP contribution in [0, 0.1) is 18.3 Å². The zero-order valence-electron chi connectivity index (χ0n) is 10.9. The van der Waals surface area contributed by atoms with Gasteiger partial charge >= 0.3 is 11.9 Å². The number of hydrogen-bond donors (Lipinski definition) is 3. The smallest absolute Gasteiger partial charge is 0.392 e. The Labute approximate surface area is 121 Å². The Balaban J connectivity index is 2.60. The van der Waals surface area contributed by atoms with E-state index in [1.807, 2.05) is 0 Å². The van der Waals surface area contributed by atoms with Gasteiger partial charge in [-0.2, -0.15) is 13.2 Å². The predicted molar refractivity (Wildman–Crippen MR) is 65.6 cm³/mol. The summed E-state index contributed by atoms with van der Waals surface area (Å²) in [5, 5.41) is 19.1. The Bertz CT molecular complexity index is 719. The number of H-pyrrole nitrogens is 1. The minimum Gasteiger partial charge on any atom is -0.392 e. The molecule has 1 fully saturated rings. The van der Waals surface area contributed by atoms with E-state index >= 15 is 0 Å². The van der Waals surface area contributed by atoms with Gasteiger partial charge in [0.2, 0.25) is 0 Å². The molecular formula is C12H11F3N2O5. The van der Waals surface area contributed by atoms with Crippen molar-refractivity contribution in [3.05, 3.63) is 33.1 Å². The van der Waals surface area contributed by atoms with Gasteiger partial charge in [0.15, 0.2) is 11.8 Å². The Hall–Kier alpha value is -2.09. The molecular weight excluding hydrogens is 309 g/mol. The topological polar surface area (TPSA) is 105 Å². The van der Waals surface area contributed by atoms with Gasteiger partial charge in [-0.1, -0.05) is 5.92 Å². The van der Waals surface area contributed by atoms with Crippen molar-refractivity contribution in [3.63, 3.8) is 0 Å². The molecule has 120 valence electrons. The fourth-order valence-corrected chi connectivity index (χ4v) is 2.30. The molecule has 0 saturated carbocycles. The molecule has 0 bridgehead atoms. The van der Waals surface area contributed by atoms with E-state index in [2.05, 4.69) is 0 Å². The molecule has 1 aliphatic rings. The van der Waals surface area contributed by atoms with Crippen molar-refractivity contribution in [2.45, 2.75) is 24.1 Å². The molecule has 1 aromatic rings. The lowest BCUT2D eigenvalue weighted by molar-refractivity contribution is -0.211. The van der Waals surface area contributed by atoms with Gasteiger partial charge in [-0.3, -0.25) is 14.3 Å². The molecule has 2 rings (SSSR count). The molecule has 0 aliphatic carbocycles. The second kappa shape index (κ2) is 5.28. The number of rotatable bonds is 2. The van der Waals surface area contributed by atoms with Gasteiger partial charge in [-0.15, -0.1) is 6.42 Å². The van der Waals surface area contributed by atoms with E-state index in [0.717, 1.165) is 12.3 Å². The van der Waals surface area contributed by atoms with E-state index in [-0.39, 0.29) is 0 Å². The highest BCUT2D eigenvalue weighted by Gasteiger charge is 2.64. The second-order valence-corrected chi connectivity index (χ2v) is 4.73. The van der Waals surface area contributed by atoms with Crippen molar-refractivity contribution in [2.24, 2.45) is 5.92 Å². The normalized spacial score (nSPS) is 31.9. The molecule has 1 aliphatic heterocycles. The lowest BCUT2D eigenvalue weighted by Gasteiger charge is -2.25. The number of alkyl halides is 3. The average Bonchev–Trinajstić information content (AvgIpc) is 2.72. The van der Waals surface area contributed by atoms with Crippen LogP contribution in [0.4, 0.5) is 13.2 Å². The van der Waals surface area contributed by atoms with Crippen LogP contribution in [0.25, 0.3) is 0 Å². The number of terminal acetylenes is 1. The van der Waals surface area contributed by atoms with Crippen molar-refractivity contribution >= 4 is 0 Å². The van der Waals surface area contributed by atoms with Crippen molar-refractivity contribution in [1.82, 2.24) is 9.55 Å². The highest BCUT2D eigenvalue weighted by molar-refractivity contribution is 5.18. The third kappa shape index (κ3) is 2.43. The Kier molecular flexibility index (Phi) is 3.90. The van der Waals surface area contributed by atoms with Crippen LogP contribution in [0.3, 0.4) is 0 Å². The third-order valence-electron chi connectivity index (χ3n) is 3.44. The summed E-state index contributed by atoms with van der Waals surface area (Å²) < 4.78 is 45.0. The van der Waals surface area contributed by atoms with Crippen molar-refractivity contribution in [3.8, 4) is 12.3 Å². The average molecular weight is 320 g/mol. The number of aromatic nitrogens is 2.